The maximum atomic E-state index is 12.5. The van der Waals surface area contributed by atoms with Gasteiger partial charge >= 0.3 is 5.97 Å². The van der Waals surface area contributed by atoms with Crippen molar-refractivity contribution in [2.24, 2.45) is 5.92 Å². The summed E-state index contributed by atoms with van der Waals surface area (Å²) in [6.45, 7) is 5.53. The molecule has 1 amide bonds. The molecule has 150 valence electrons. The van der Waals surface area contributed by atoms with E-state index >= 15 is 0 Å². The number of carbonyl (C=O) groups excluding carboxylic acids is 2. The van der Waals surface area contributed by atoms with Crippen molar-refractivity contribution in [3.05, 3.63) is 66.5 Å². The van der Waals surface area contributed by atoms with E-state index in [9.17, 15) is 9.59 Å². The summed E-state index contributed by atoms with van der Waals surface area (Å²) in [5, 5.41) is 7.12. The lowest BCUT2D eigenvalue weighted by molar-refractivity contribution is -0.125. The van der Waals surface area contributed by atoms with Gasteiger partial charge in [0.2, 0.25) is 0 Å². The molecular formula is C22H24N4O3. The molecule has 0 saturated carbocycles. The van der Waals surface area contributed by atoms with Crippen molar-refractivity contribution in [1.29, 1.82) is 0 Å². The molecule has 0 aliphatic heterocycles. The average molecular weight is 392 g/mol. The van der Waals surface area contributed by atoms with Gasteiger partial charge in [-0.1, -0.05) is 62.4 Å². The maximum Gasteiger partial charge on any atom is 0.378 e. The molecule has 3 aromatic rings. The van der Waals surface area contributed by atoms with Crippen molar-refractivity contribution in [2.45, 2.75) is 26.8 Å². The Labute approximate surface area is 169 Å². The Kier molecular flexibility index (Phi) is 6.39. The van der Waals surface area contributed by atoms with Crippen molar-refractivity contribution in [1.82, 2.24) is 20.1 Å². The molecule has 29 heavy (non-hydrogen) atoms. The van der Waals surface area contributed by atoms with Crippen LogP contribution in [-0.4, -0.2) is 39.3 Å². The van der Waals surface area contributed by atoms with Crippen LogP contribution in [0.4, 0.5) is 0 Å². The van der Waals surface area contributed by atoms with E-state index in [2.05, 4.69) is 15.4 Å². The fourth-order valence-electron chi connectivity index (χ4n) is 2.58. The average Bonchev–Trinajstić information content (AvgIpc) is 3.19. The van der Waals surface area contributed by atoms with Crippen molar-refractivity contribution in [2.75, 3.05) is 6.61 Å². The van der Waals surface area contributed by atoms with Gasteiger partial charge in [0, 0.05) is 11.6 Å². The zero-order valence-electron chi connectivity index (χ0n) is 16.7. The molecule has 7 nitrogen and oxygen atoms in total. The highest BCUT2D eigenvalue weighted by Crippen LogP contribution is 2.21. The monoisotopic (exact) mass is 392 g/mol. The highest BCUT2D eigenvalue weighted by molar-refractivity contribution is 5.88. The van der Waals surface area contributed by atoms with Crippen LogP contribution in [0.2, 0.25) is 0 Å². The summed E-state index contributed by atoms with van der Waals surface area (Å²) in [7, 11) is 0. The summed E-state index contributed by atoms with van der Waals surface area (Å²) in [4.78, 5) is 28.8. The van der Waals surface area contributed by atoms with Gasteiger partial charge in [0.15, 0.2) is 12.4 Å². The highest BCUT2D eigenvalue weighted by atomic mass is 16.5. The van der Waals surface area contributed by atoms with Crippen molar-refractivity contribution in [3.8, 4) is 17.1 Å². The van der Waals surface area contributed by atoms with Crippen LogP contribution >= 0.6 is 0 Å². The molecule has 1 atom stereocenters. The Morgan fingerprint density at radius 2 is 1.62 bits per heavy atom. The van der Waals surface area contributed by atoms with Gasteiger partial charge < -0.3 is 10.1 Å². The van der Waals surface area contributed by atoms with E-state index in [1.165, 1.54) is 0 Å². The summed E-state index contributed by atoms with van der Waals surface area (Å²) < 4.78 is 6.71. The number of carbonyl (C=O) groups is 2. The summed E-state index contributed by atoms with van der Waals surface area (Å²) in [6, 6.07) is 18.8. The number of esters is 1. The predicted molar refractivity (Wildman–Crippen MR) is 110 cm³/mol. The van der Waals surface area contributed by atoms with Gasteiger partial charge in [0.1, 0.15) is 0 Å². The van der Waals surface area contributed by atoms with E-state index in [-0.39, 0.29) is 30.3 Å². The van der Waals surface area contributed by atoms with Crippen LogP contribution in [0.15, 0.2) is 60.7 Å². The fourth-order valence-corrected chi connectivity index (χ4v) is 2.58. The zero-order valence-corrected chi connectivity index (χ0v) is 16.7. The van der Waals surface area contributed by atoms with Gasteiger partial charge in [0.25, 0.3) is 11.7 Å². The van der Waals surface area contributed by atoms with E-state index in [0.29, 0.717) is 5.82 Å². The number of para-hydroxylation sites is 1. The third-order valence-corrected chi connectivity index (χ3v) is 4.55. The Bertz CT molecular complexity index is 911. The SMILES string of the molecule is CC(C)[C@@H](C)NC(=O)COC(=O)c1nc(-c2ccccc2)n(-c2ccccc2)n1. The maximum absolute atomic E-state index is 12.5. The standard InChI is InChI=1S/C22H24N4O3/c1-15(2)16(3)23-19(27)14-29-22(28)20-24-21(17-10-6-4-7-11-17)26(25-20)18-12-8-5-9-13-18/h4-13,15-16H,14H2,1-3H3,(H,23,27)/t16-/m1/s1. The molecule has 0 radical (unpaired) electrons. The second-order valence-electron chi connectivity index (χ2n) is 7.05. The Hall–Kier alpha value is -3.48. The number of amides is 1. The molecule has 0 spiro atoms. The van der Waals surface area contributed by atoms with Crippen LogP contribution in [-0.2, 0) is 9.53 Å². The summed E-state index contributed by atoms with van der Waals surface area (Å²) in [5.41, 5.74) is 1.58. The third-order valence-electron chi connectivity index (χ3n) is 4.55. The summed E-state index contributed by atoms with van der Waals surface area (Å²) in [6.07, 6.45) is 0. The van der Waals surface area contributed by atoms with Crippen molar-refractivity contribution >= 4 is 11.9 Å². The van der Waals surface area contributed by atoms with Gasteiger partial charge in [-0.05, 0) is 25.0 Å². The first kappa shape index (κ1) is 20.3. The fraction of sp³-hybridized carbons (Fsp3) is 0.273. The van der Waals surface area contributed by atoms with E-state index in [1.807, 2.05) is 81.4 Å². The molecule has 2 aromatic carbocycles. The Balaban J connectivity index is 1.80. The minimum absolute atomic E-state index is 0.0127. The molecule has 1 heterocycles. The molecule has 1 aromatic heterocycles. The van der Waals surface area contributed by atoms with Crippen LogP contribution in [0.5, 0.6) is 0 Å². The number of ether oxygens (including phenoxy) is 1. The van der Waals surface area contributed by atoms with Gasteiger partial charge in [-0.2, -0.15) is 0 Å². The first-order valence-electron chi connectivity index (χ1n) is 9.50. The largest absolute Gasteiger partial charge is 0.450 e. The minimum Gasteiger partial charge on any atom is -0.450 e. The first-order valence-corrected chi connectivity index (χ1v) is 9.50. The lowest BCUT2D eigenvalue weighted by Gasteiger charge is -2.16. The molecule has 0 aliphatic carbocycles. The lowest BCUT2D eigenvalue weighted by atomic mass is 10.1. The number of aromatic nitrogens is 3. The zero-order chi connectivity index (χ0) is 20.8. The molecule has 0 saturated heterocycles. The van der Waals surface area contributed by atoms with E-state index in [1.54, 1.807) is 4.68 Å². The number of hydrogen-bond acceptors (Lipinski definition) is 5. The number of hydrogen-bond donors (Lipinski definition) is 1. The topological polar surface area (TPSA) is 86.1 Å². The molecule has 7 heteroatoms. The quantitative estimate of drug-likeness (QED) is 0.624. The number of benzene rings is 2. The highest BCUT2D eigenvalue weighted by Gasteiger charge is 2.21. The molecule has 0 fully saturated rings. The van der Waals surface area contributed by atoms with Crippen LogP contribution in [0.3, 0.4) is 0 Å². The second-order valence-corrected chi connectivity index (χ2v) is 7.05. The third kappa shape index (κ3) is 5.07. The smallest absolute Gasteiger partial charge is 0.378 e. The molecule has 1 N–H and O–H groups in total. The van der Waals surface area contributed by atoms with Gasteiger partial charge in [-0.25, -0.2) is 14.5 Å². The number of nitrogens with one attached hydrogen (secondary N) is 1. The molecule has 0 bridgehead atoms. The van der Waals surface area contributed by atoms with E-state index < -0.39 is 5.97 Å². The molecule has 0 unspecified atom stereocenters. The minimum atomic E-state index is -0.746. The van der Waals surface area contributed by atoms with Gasteiger partial charge in [0.05, 0.1) is 5.69 Å². The normalized spacial score (nSPS) is 11.9. The van der Waals surface area contributed by atoms with E-state index in [4.69, 9.17) is 4.74 Å². The molecular weight excluding hydrogens is 368 g/mol. The van der Waals surface area contributed by atoms with Crippen LogP contribution in [0.25, 0.3) is 17.1 Å². The van der Waals surface area contributed by atoms with Gasteiger partial charge in [-0.15, -0.1) is 5.10 Å². The second kappa shape index (κ2) is 9.14. The van der Waals surface area contributed by atoms with Gasteiger partial charge in [-0.3, -0.25) is 4.79 Å². The van der Waals surface area contributed by atoms with E-state index in [0.717, 1.165) is 11.3 Å². The summed E-state index contributed by atoms with van der Waals surface area (Å²) >= 11 is 0. The van der Waals surface area contributed by atoms with Crippen molar-refractivity contribution in [3.63, 3.8) is 0 Å². The lowest BCUT2D eigenvalue weighted by Crippen LogP contribution is -2.38. The Morgan fingerprint density at radius 3 is 2.24 bits per heavy atom. The van der Waals surface area contributed by atoms with Crippen LogP contribution in [0, 0.1) is 5.92 Å². The number of rotatable bonds is 7. The Morgan fingerprint density at radius 1 is 1.00 bits per heavy atom. The van der Waals surface area contributed by atoms with Crippen LogP contribution < -0.4 is 5.32 Å². The summed E-state index contributed by atoms with van der Waals surface area (Å²) in [5.74, 6) is -0.403. The molecule has 3 rings (SSSR count). The first-order chi connectivity index (χ1) is 14.0. The predicted octanol–water partition coefficient (Wildman–Crippen LogP) is 3.25. The number of nitrogens with zero attached hydrogens (tertiary/aromatic N) is 3. The van der Waals surface area contributed by atoms with Crippen LogP contribution in [0.1, 0.15) is 31.4 Å². The van der Waals surface area contributed by atoms with Crippen molar-refractivity contribution < 1.29 is 14.3 Å². The molecule has 0 aliphatic rings.